The number of likely N-dealkylation sites (tertiary alicyclic amines) is 1. The molecule has 6 nitrogen and oxygen atoms in total. The molecule has 1 aliphatic heterocycles. The molecule has 2 amide bonds. The Morgan fingerprint density at radius 3 is 2.53 bits per heavy atom. The fourth-order valence-corrected chi connectivity index (χ4v) is 4.58. The van der Waals surface area contributed by atoms with E-state index < -0.39 is 5.91 Å². The molecular formula is C24H30N4O2. The average molecular weight is 407 g/mol. The van der Waals surface area contributed by atoms with Crippen LogP contribution in [-0.2, 0) is 11.3 Å². The van der Waals surface area contributed by atoms with Gasteiger partial charge in [-0.3, -0.25) is 19.5 Å². The number of pyridine rings is 1. The van der Waals surface area contributed by atoms with Crippen molar-refractivity contribution in [2.75, 3.05) is 13.1 Å². The van der Waals surface area contributed by atoms with Crippen LogP contribution in [0.15, 0.2) is 42.7 Å². The molecule has 6 heteroatoms. The number of amides is 2. The number of nitrogens with two attached hydrogens (primary N) is 1. The van der Waals surface area contributed by atoms with Gasteiger partial charge in [0.15, 0.2) is 0 Å². The number of piperidine rings is 1. The van der Waals surface area contributed by atoms with Crippen molar-refractivity contribution in [1.82, 2.24) is 15.2 Å². The smallest absolute Gasteiger partial charge is 0.250 e. The molecule has 4 rings (SSSR count). The molecular weight excluding hydrogens is 376 g/mol. The van der Waals surface area contributed by atoms with E-state index in [0.717, 1.165) is 56.4 Å². The van der Waals surface area contributed by atoms with Crippen LogP contribution < -0.4 is 11.1 Å². The number of nitrogens with one attached hydrogen (secondary N) is 1. The number of carbonyl (C=O) groups excluding carboxylic acids is 2. The summed E-state index contributed by atoms with van der Waals surface area (Å²) in [7, 11) is 0. The van der Waals surface area contributed by atoms with Gasteiger partial charge in [-0.05, 0) is 62.0 Å². The van der Waals surface area contributed by atoms with Crippen molar-refractivity contribution in [3.05, 3.63) is 53.9 Å². The Balaban J connectivity index is 1.33. The van der Waals surface area contributed by atoms with E-state index in [4.69, 9.17) is 5.73 Å². The molecule has 1 saturated heterocycles. The molecule has 2 aromatic rings. The minimum atomic E-state index is -0.472. The number of carbonyl (C=O) groups is 2. The highest BCUT2D eigenvalue weighted by Crippen LogP contribution is 2.24. The van der Waals surface area contributed by atoms with Crippen LogP contribution in [0.1, 0.15) is 54.4 Å². The van der Waals surface area contributed by atoms with Crippen LogP contribution in [0.2, 0.25) is 0 Å². The molecule has 0 atom stereocenters. The van der Waals surface area contributed by atoms with Crippen LogP contribution >= 0.6 is 0 Å². The molecule has 1 aliphatic carbocycles. The van der Waals surface area contributed by atoms with E-state index in [1.165, 1.54) is 24.6 Å². The molecule has 1 aromatic carbocycles. The quantitative estimate of drug-likeness (QED) is 0.771. The summed E-state index contributed by atoms with van der Waals surface area (Å²) in [5.41, 5.74) is 8.91. The Labute approximate surface area is 177 Å². The first-order valence-electron chi connectivity index (χ1n) is 11.0. The van der Waals surface area contributed by atoms with Gasteiger partial charge < -0.3 is 11.1 Å². The molecule has 0 bridgehead atoms. The molecule has 30 heavy (non-hydrogen) atoms. The predicted molar refractivity (Wildman–Crippen MR) is 117 cm³/mol. The second-order valence-corrected chi connectivity index (χ2v) is 8.57. The lowest BCUT2D eigenvalue weighted by Crippen LogP contribution is -2.42. The van der Waals surface area contributed by atoms with E-state index in [1.54, 1.807) is 12.3 Å². The molecule has 0 radical (unpaired) electrons. The number of nitrogens with zero attached hydrogens (tertiary/aromatic N) is 2. The summed E-state index contributed by atoms with van der Waals surface area (Å²) in [6.07, 6.45) is 9.84. The van der Waals surface area contributed by atoms with Gasteiger partial charge in [-0.1, -0.05) is 31.0 Å². The number of hydrogen-bond acceptors (Lipinski definition) is 4. The van der Waals surface area contributed by atoms with Crippen molar-refractivity contribution in [3.63, 3.8) is 0 Å². The number of hydrogen-bond donors (Lipinski definition) is 2. The van der Waals surface area contributed by atoms with Gasteiger partial charge in [0.25, 0.3) is 0 Å². The molecule has 2 heterocycles. The first-order chi connectivity index (χ1) is 14.6. The third kappa shape index (κ3) is 5.05. The van der Waals surface area contributed by atoms with Gasteiger partial charge in [0.2, 0.25) is 11.8 Å². The van der Waals surface area contributed by atoms with Crippen molar-refractivity contribution in [2.24, 2.45) is 11.7 Å². The van der Waals surface area contributed by atoms with Gasteiger partial charge in [-0.15, -0.1) is 0 Å². The normalized spacial score (nSPS) is 18.4. The second kappa shape index (κ2) is 9.39. The first kappa shape index (κ1) is 20.5. The monoisotopic (exact) mass is 406 g/mol. The maximum absolute atomic E-state index is 12.5. The fourth-order valence-electron chi connectivity index (χ4n) is 4.58. The summed E-state index contributed by atoms with van der Waals surface area (Å²) >= 11 is 0. The lowest BCUT2D eigenvalue weighted by molar-refractivity contribution is -0.127. The summed E-state index contributed by atoms with van der Waals surface area (Å²) in [6.45, 7) is 2.73. The molecule has 2 fully saturated rings. The predicted octanol–water partition coefficient (Wildman–Crippen LogP) is 3.12. The molecule has 3 N–H and O–H groups in total. The van der Waals surface area contributed by atoms with E-state index in [0.29, 0.717) is 11.6 Å². The first-order valence-corrected chi connectivity index (χ1v) is 11.0. The summed E-state index contributed by atoms with van der Waals surface area (Å²) < 4.78 is 0. The fraction of sp³-hybridized carbons (Fsp3) is 0.458. The Kier molecular flexibility index (Phi) is 6.43. The zero-order valence-corrected chi connectivity index (χ0v) is 17.3. The Morgan fingerprint density at radius 1 is 1.03 bits per heavy atom. The maximum atomic E-state index is 12.5. The van der Waals surface area contributed by atoms with Gasteiger partial charge in [0, 0.05) is 36.5 Å². The van der Waals surface area contributed by atoms with E-state index in [1.807, 2.05) is 12.1 Å². The Morgan fingerprint density at radius 2 is 1.80 bits per heavy atom. The van der Waals surface area contributed by atoms with Crippen LogP contribution in [0.3, 0.4) is 0 Å². The lowest BCUT2D eigenvalue weighted by Gasteiger charge is -2.32. The lowest BCUT2D eigenvalue weighted by atomic mass is 9.95. The van der Waals surface area contributed by atoms with Crippen molar-refractivity contribution in [2.45, 2.75) is 51.1 Å². The van der Waals surface area contributed by atoms with Gasteiger partial charge in [0.1, 0.15) is 0 Å². The van der Waals surface area contributed by atoms with Crippen molar-refractivity contribution < 1.29 is 9.59 Å². The second-order valence-electron chi connectivity index (χ2n) is 8.57. The summed E-state index contributed by atoms with van der Waals surface area (Å²) in [5.74, 6) is -0.0680. The van der Waals surface area contributed by atoms with Gasteiger partial charge in [0.05, 0.1) is 5.56 Å². The van der Waals surface area contributed by atoms with Gasteiger partial charge >= 0.3 is 0 Å². The molecule has 1 aromatic heterocycles. The maximum Gasteiger partial charge on any atom is 0.250 e. The Hall–Kier alpha value is -2.73. The highest BCUT2D eigenvalue weighted by Gasteiger charge is 2.27. The number of aromatic nitrogens is 1. The van der Waals surface area contributed by atoms with E-state index in [9.17, 15) is 9.59 Å². The van der Waals surface area contributed by atoms with E-state index in [2.05, 4.69) is 27.3 Å². The SMILES string of the molecule is NC(=O)c1cncc(-c2cccc(CN3CCC(C(=O)NC4CCCC4)CC3)c2)c1. The minimum Gasteiger partial charge on any atom is -0.366 e. The zero-order valence-electron chi connectivity index (χ0n) is 17.3. The van der Waals surface area contributed by atoms with Crippen LogP contribution in [0.25, 0.3) is 11.1 Å². The van der Waals surface area contributed by atoms with Gasteiger partial charge in [-0.25, -0.2) is 0 Å². The van der Waals surface area contributed by atoms with E-state index in [-0.39, 0.29) is 11.8 Å². The van der Waals surface area contributed by atoms with E-state index >= 15 is 0 Å². The van der Waals surface area contributed by atoms with Crippen molar-refractivity contribution in [3.8, 4) is 11.1 Å². The molecule has 158 valence electrons. The summed E-state index contributed by atoms with van der Waals surface area (Å²) in [6, 6.07) is 10.5. The third-order valence-corrected chi connectivity index (χ3v) is 6.35. The molecule has 0 spiro atoms. The Bertz CT molecular complexity index is 900. The summed E-state index contributed by atoms with van der Waals surface area (Å²) in [4.78, 5) is 30.5. The highest BCUT2D eigenvalue weighted by molar-refractivity contribution is 5.93. The van der Waals surface area contributed by atoms with Crippen molar-refractivity contribution in [1.29, 1.82) is 0 Å². The largest absolute Gasteiger partial charge is 0.366 e. The van der Waals surface area contributed by atoms with Crippen molar-refractivity contribution >= 4 is 11.8 Å². The number of rotatable bonds is 6. The van der Waals surface area contributed by atoms with Crippen LogP contribution in [0.5, 0.6) is 0 Å². The third-order valence-electron chi connectivity index (χ3n) is 6.35. The molecule has 2 aliphatic rings. The van der Waals surface area contributed by atoms with Crippen LogP contribution in [-0.4, -0.2) is 40.8 Å². The minimum absolute atomic E-state index is 0.149. The number of primary amides is 1. The van der Waals surface area contributed by atoms with Crippen LogP contribution in [0, 0.1) is 5.92 Å². The molecule has 1 saturated carbocycles. The zero-order chi connectivity index (χ0) is 20.9. The van der Waals surface area contributed by atoms with Gasteiger partial charge in [-0.2, -0.15) is 0 Å². The topological polar surface area (TPSA) is 88.3 Å². The highest BCUT2D eigenvalue weighted by atomic mass is 16.2. The summed E-state index contributed by atoms with van der Waals surface area (Å²) in [5, 5.41) is 3.25. The average Bonchev–Trinajstić information content (AvgIpc) is 3.27. The molecule has 0 unspecified atom stereocenters. The van der Waals surface area contributed by atoms with Crippen LogP contribution in [0.4, 0.5) is 0 Å². The number of benzene rings is 1. The standard InChI is InChI=1S/C24H30N4O2/c25-23(29)21-13-20(14-26-15-21)19-5-3-4-17(12-19)16-28-10-8-18(9-11-28)24(30)27-22-6-1-2-7-22/h3-5,12-15,18,22H,1-2,6-11,16H2,(H2,25,29)(H,27,30).